The Balaban J connectivity index is 1.92. The van der Waals surface area contributed by atoms with E-state index in [-0.39, 0.29) is 5.91 Å². The van der Waals surface area contributed by atoms with Crippen LogP contribution in [0.15, 0.2) is 12.3 Å². The maximum atomic E-state index is 11.9. The van der Waals surface area contributed by atoms with Gasteiger partial charge in [0, 0.05) is 23.8 Å². The Morgan fingerprint density at radius 3 is 3.05 bits per heavy atom. The number of hydrogen-bond donors (Lipinski definition) is 2. The van der Waals surface area contributed by atoms with Crippen LogP contribution in [0.2, 0.25) is 0 Å². The first-order chi connectivity index (χ1) is 9.15. The van der Waals surface area contributed by atoms with Gasteiger partial charge in [-0.2, -0.15) is 0 Å². The number of carboxylic acids is 1. The third-order valence-corrected chi connectivity index (χ3v) is 3.49. The van der Waals surface area contributed by atoms with E-state index in [4.69, 9.17) is 9.84 Å². The first kappa shape index (κ1) is 13.7. The van der Waals surface area contributed by atoms with Gasteiger partial charge in [-0.05, 0) is 25.3 Å². The number of carbonyl (C=O) groups is 2. The first-order valence-corrected chi connectivity index (χ1v) is 6.76. The van der Waals surface area contributed by atoms with E-state index < -0.39 is 12.1 Å². The minimum atomic E-state index is -1.02. The largest absolute Gasteiger partial charge is 0.478 e. The van der Waals surface area contributed by atoms with Crippen LogP contribution in [0.5, 0.6) is 0 Å². The van der Waals surface area contributed by atoms with Gasteiger partial charge in [0.25, 0.3) is 5.91 Å². The highest BCUT2D eigenvalue weighted by Crippen LogP contribution is 2.21. The third-order valence-electron chi connectivity index (χ3n) is 2.62. The van der Waals surface area contributed by atoms with E-state index in [9.17, 15) is 9.59 Å². The molecule has 2 heterocycles. The van der Waals surface area contributed by atoms with Crippen LogP contribution >= 0.6 is 11.3 Å². The molecule has 7 heteroatoms. The number of carbonyl (C=O) groups excluding carboxylic acids is 1. The van der Waals surface area contributed by atoms with Crippen LogP contribution in [-0.4, -0.2) is 34.7 Å². The van der Waals surface area contributed by atoms with Gasteiger partial charge in [-0.1, -0.05) is 11.3 Å². The molecule has 1 amide bonds. The summed E-state index contributed by atoms with van der Waals surface area (Å²) in [5.74, 6) is -1.21. The third kappa shape index (κ3) is 4.15. The fourth-order valence-corrected chi connectivity index (χ4v) is 2.43. The summed E-state index contributed by atoms with van der Waals surface area (Å²) in [4.78, 5) is 26.9. The molecule has 0 radical (unpaired) electrons. The number of aromatic nitrogens is 1. The molecular formula is C12H14N2O4S. The number of anilines is 1. The number of nitrogens with one attached hydrogen (secondary N) is 1. The van der Waals surface area contributed by atoms with Crippen molar-refractivity contribution in [2.45, 2.75) is 25.4 Å². The molecule has 1 saturated heterocycles. The number of nitrogens with zero attached hydrogens (tertiary/aromatic N) is 1. The summed E-state index contributed by atoms with van der Waals surface area (Å²) in [7, 11) is 0. The van der Waals surface area contributed by atoms with Gasteiger partial charge in [0.15, 0.2) is 5.13 Å². The van der Waals surface area contributed by atoms with Crippen molar-refractivity contribution in [1.29, 1.82) is 0 Å². The number of carboxylic acid groups (broad SMARTS) is 1. The van der Waals surface area contributed by atoms with Gasteiger partial charge in [-0.15, -0.1) is 0 Å². The molecule has 19 heavy (non-hydrogen) atoms. The number of ether oxygens (including phenoxy) is 1. The SMILES string of the molecule is O=C(O)C=Cc1cnc(NC(=O)C2CCCCO2)s1. The van der Waals surface area contributed by atoms with Crippen molar-refractivity contribution in [3.63, 3.8) is 0 Å². The van der Waals surface area contributed by atoms with Crippen molar-refractivity contribution in [3.05, 3.63) is 17.2 Å². The first-order valence-electron chi connectivity index (χ1n) is 5.94. The molecule has 1 unspecified atom stereocenters. The standard InChI is InChI=1S/C12H14N2O4S/c15-10(16)5-4-8-7-13-12(19-8)14-11(17)9-3-1-2-6-18-9/h4-5,7,9H,1-3,6H2,(H,15,16)(H,13,14,17). The van der Waals surface area contributed by atoms with E-state index >= 15 is 0 Å². The number of rotatable bonds is 4. The van der Waals surface area contributed by atoms with Crippen LogP contribution in [0.4, 0.5) is 5.13 Å². The quantitative estimate of drug-likeness (QED) is 0.821. The van der Waals surface area contributed by atoms with Gasteiger partial charge >= 0.3 is 5.97 Å². The summed E-state index contributed by atoms with van der Waals surface area (Å²) in [5, 5.41) is 11.6. The maximum Gasteiger partial charge on any atom is 0.328 e. The summed E-state index contributed by atoms with van der Waals surface area (Å²) in [6.45, 7) is 0.614. The van der Waals surface area contributed by atoms with E-state index in [1.165, 1.54) is 23.6 Å². The lowest BCUT2D eigenvalue weighted by Crippen LogP contribution is -2.33. The van der Waals surface area contributed by atoms with E-state index in [1.807, 2.05) is 0 Å². The number of amides is 1. The normalized spacial score (nSPS) is 19.5. The van der Waals surface area contributed by atoms with E-state index in [1.54, 1.807) is 0 Å². The molecule has 0 bridgehead atoms. The molecule has 1 fully saturated rings. The van der Waals surface area contributed by atoms with Gasteiger partial charge in [0.2, 0.25) is 0 Å². The summed E-state index contributed by atoms with van der Waals surface area (Å²) in [5.41, 5.74) is 0. The summed E-state index contributed by atoms with van der Waals surface area (Å²) in [6, 6.07) is 0. The smallest absolute Gasteiger partial charge is 0.328 e. The molecule has 1 aromatic rings. The molecule has 2 rings (SSSR count). The fraction of sp³-hybridized carbons (Fsp3) is 0.417. The molecular weight excluding hydrogens is 268 g/mol. The topological polar surface area (TPSA) is 88.5 Å². The average molecular weight is 282 g/mol. The number of thiazole rings is 1. The molecule has 6 nitrogen and oxygen atoms in total. The Hall–Kier alpha value is -1.73. The second kappa shape index (κ2) is 6.44. The summed E-state index contributed by atoms with van der Waals surface area (Å²) in [6.07, 6.45) is 6.28. The lowest BCUT2D eigenvalue weighted by atomic mass is 10.1. The Morgan fingerprint density at radius 2 is 2.37 bits per heavy atom. The predicted molar refractivity (Wildman–Crippen MR) is 71.0 cm³/mol. The van der Waals surface area contributed by atoms with Gasteiger partial charge in [0.1, 0.15) is 6.10 Å². The van der Waals surface area contributed by atoms with E-state index in [0.717, 1.165) is 25.3 Å². The van der Waals surface area contributed by atoms with Crippen LogP contribution in [0.25, 0.3) is 6.08 Å². The molecule has 0 spiro atoms. The van der Waals surface area contributed by atoms with Gasteiger partial charge in [0.05, 0.1) is 0 Å². The zero-order valence-electron chi connectivity index (χ0n) is 10.2. The summed E-state index contributed by atoms with van der Waals surface area (Å²) >= 11 is 1.22. The average Bonchev–Trinajstić information content (AvgIpc) is 2.85. The van der Waals surface area contributed by atoms with E-state index in [0.29, 0.717) is 16.6 Å². The van der Waals surface area contributed by atoms with Crippen molar-refractivity contribution >= 4 is 34.4 Å². The highest BCUT2D eigenvalue weighted by atomic mass is 32.1. The predicted octanol–water partition coefficient (Wildman–Crippen LogP) is 1.75. The lowest BCUT2D eigenvalue weighted by molar-refractivity contribution is -0.131. The second-order valence-corrected chi connectivity index (χ2v) is 5.15. The van der Waals surface area contributed by atoms with Crippen molar-refractivity contribution in [2.24, 2.45) is 0 Å². The van der Waals surface area contributed by atoms with Crippen molar-refractivity contribution < 1.29 is 19.4 Å². The van der Waals surface area contributed by atoms with Crippen molar-refractivity contribution in [2.75, 3.05) is 11.9 Å². The molecule has 1 aliphatic rings. The molecule has 1 atom stereocenters. The van der Waals surface area contributed by atoms with Crippen LogP contribution < -0.4 is 5.32 Å². The molecule has 1 aromatic heterocycles. The minimum Gasteiger partial charge on any atom is -0.478 e. The van der Waals surface area contributed by atoms with Crippen LogP contribution in [0.3, 0.4) is 0 Å². The maximum absolute atomic E-state index is 11.9. The Bertz CT molecular complexity index is 492. The molecule has 102 valence electrons. The number of aliphatic carboxylic acids is 1. The van der Waals surface area contributed by atoms with Crippen molar-refractivity contribution in [3.8, 4) is 0 Å². The highest BCUT2D eigenvalue weighted by molar-refractivity contribution is 7.16. The highest BCUT2D eigenvalue weighted by Gasteiger charge is 2.22. The monoisotopic (exact) mass is 282 g/mol. The zero-order valence-corrected chi connectivity index (χ0v) is 11.0. The zero-order chi connectivity index (χ0) is 13.7. The van der Waals surface area contributed by atoms with Crippen LogP contribution in [-0.2, 0) is 14.3 Å². The Labute approximate surface area is 114 Å². The van der Waals surface area contributed by atoms with Gasteiger partial charge in [-0.3, -0.25) is 10.1 Å². The molecule has 1 aliphatic heterocycles. The molecule has 0 saturated carbocycles. The van der Waals surface area contributed by atoms with Crippen LogP contribution in [0, 0.1) is 0 Å². The lowest BCUT2D eigenvalue weighted by Gasteiger charge is -2.20. The van der Waals surface area contributed by atoms with E-state index in [2.05, 4.69) is 10.3 Å². The van der Waals surface area contributed by atoms with Crippen molar-refractivity contribution in [1.82, 2.24) is 4.98 Å². The fourth-order valence-electron chi connectivity index (χ4n) is 1.71. The van der Waals surface area contributed by atoms with Gasteiger partial charge < -0.3 is 9.84 Å². The second-order valence-electron chi connectivity index (χ2n) is 4.08. The molecule has 2 N–H and O–H groups in total. The minimum absolute atomic E-state index is 0.192. The molecule has 0 aromatic carbocycles. The summed E-state index contributed by atoms with van der Waals surface area (Å²) < 4.78 is 5.37. The molecule has 0 aliphatic carbocycles. The number of hydrogen-bond acceptors (Lipinski definition) is 5. The van der Waals surface area contributed by atoms with Gasteiger partial charge in [-0.25, -0.2) is 9.78 Å². The van der Waals surface area contributed by atoms with Crippen LogP contribution in [0.1, 0.15) is 24.1 Å². The Morgan fingerprint density at radius 1 is 1.53 bits per heavy atom. The Kier molecular flexibility index (Phi) is 4.64.